The van der Waals surface area contributed by atoms with Gasteiger partial charge in [-0.25, -0.2) is 0 Å². The lowest BCUT2D eigenvalue weighted by Gasteiger charge is -2.08. The van der Waals surface area contributed by atoms with Gasteiger partial charge in [-0.1, -0.05) is 54.1 Å². The fourth-order valence-corrected chi connectivity index (χ4v) is 2.78. The number of hydrogen-bond donors (Lipinski definition) is 1. The molecule has 23 heavy (non-hydrogen) atoms. The van der Waals surface area contributed by atoms with Crippen LogP contribution in [-0.2, 0) is 14.3 Å². The highest BCUT2D eigenvalue weighted by molar-refractivity contribution is 7.86. The van der Waals surface area contributed by atoms with E-state index in [0.29, 0.717) is 0 Å². The highest BCUT2D eigenvalue weighted by Crippen LogP contribution is 2.18. The number of aryl methyl sites for hydroxylation is 1. The van der Waals surface area contributed by atoms with E-state index < -0.39 is 10.1 Å². The minimum Gasteiger partial charge on any atom is -0.392 e. The van der Waals surface area contributed by atoms with Crippen molar-refractivity contribution in [3.63, 3.8) is 0 Å². The summed E-state index contributed by atoms with van der Waals surface area (Å²) in [6.45, 7) is 1.55. The summed E-state index contributed by atoms with van der Waals surface area (Å²) in [6.07, 6.45) is 4.52. The maximum absolute atomic E-state index is 12.3. The van der Waals surface area contributed by atoms with Gasteiger partial charge >= 0.3 is 10.1 Å². The lowest BCUT2D eigenvalue weighted by molar-refractivity contribution is 0.334. The standard InChI is InChI=1S/C18H18O4S/c1-15-7-11-18(12-8-15)23(20,21)22-17(13-14-19)10-9-16-5-3-2-4-6-16/h2-13,19H,14H2,1H3/b10-9+,17-13+. The molecule has 0 aliphatic heterocycles. The maximum Gasteiger partial charge on any atom is 0.339 e. The van der Waals surface area contributed by atoms with Crippen LogP contribution in [-0.4, -0.2) is 20.1 Å². The first kappa shape index (κ1) is 17.0. The van der Waals surface area contributed by atoms with Crippen LogP contribution in [0.2, 0.25) is 0 Å². The average Bonchev–Trinajstić information content (AvgIpc) is 2.54. The van der Waals surface area contributed by atoms with Gasteiger partial charge in [0.2, 0.25) is 0 Å². The summed E-state index contributed by atoms with van der Waals surface area (Å²) in [7, 11) is -3.93. The SMILES string of the molecule is Cc1ccc(S(=O)(=O)OC(/C=C/c2ccccc2)=C/CO)cc1. The molecular formula is C18H18O4S. The van der Waals surface area contributed by atoms with Crippen LogP contribution in [0.4, 0.5) is 0 Å². The second-order valence-corrected chi connectivity index (χ2v) is 6.43. The Balaban J connectivity index is 2.21. The van der Waals surface area contributed by atoms with Gasteiger partial charge in [0.25, 0.3) is 0 Å². The summed E-state index contributed by atoms with van der Waals surface area (Å²) in [4.78, 5) is 0.0695. The molecule has 2 rings (SSSR count). The van der Waals surface area contributed by atoms with E-state index in [1.807, 2.05) is 37.3 Å². The zero-order valence-electron chi connectivity index (χ0n) is 12.7. The van der Waals surface area contributed by atoms with Crippen molar-refractivity contribution in [1.82, 2.24) is 0 Å². The molecule has 0 aliphatic carbocycles. The van der Waals surface area contributed by atoms with Gasteiger partial charge in [0, 0.05) is 0 Å². The number of allylic oxidation sites excluding steroid dienone is 1. The molecule has 120 valence electrons. The van der Waals surface area contributed by atoms with Crippen molar-refractivity contribution in [2.24, 2.45) is 0 Å². The molecule has 0 unspecified atom stereocenters. The maximum atomic E-state index is 12.3. The second-order valence-electron chi connectivity index (χ2n) is 4.88. The van der Waals surface area contributed by atoms with E-state index >= 15 is 0 Å². The molecule has 0 fully saturated rings. The molecule has 0 bridgehead atoms. The van der Waals surface area contributed by atoms with E-state index in [2.05, 4.69) is 0 Å². The number of aliphatic hydroxyl groups is 1. The lowest BCUT2D eigenvalue weighted by atomic mass is 10.2. The Bertz CT molecular complexity index is 789. The van der Waals surface area contributed by atoms with Crippen LogP contribution in [0.25, 0.3) is 6.08 Å². The van der Waals surface area contributed by atoms with Gasteiger partial charge in [-0.15, -0.1) is 0 Å². The summed E-state index contributed by atoms with van der Waals surface area (Å²) >= 11 is 0. The summed E-state index contributed by atoms with van der Waals surface area (Å²) in [5.41, 5.74) is 1.85. The number of rotatable bonds is 6. The fraction of sp³-hybridized carbons (Fsp3) is 0.111. The average molecular weight is 330 g/mol. The molecule has 5 heteroatoms. The first-order chi connectivity index (χ1) is 11.0. The predicted molar refractivity (Wildman–Crippen MR) is 90.1 cm³/mol. The van der Waals surface area contributed by atoms with E-state index in [4.69, 9.17) is 9.29 Å². The first-order valence-corrected chi connectivity index (χ1v) is 8.47. The Morgan fingerprint density at radius 1 is 1.09 bits per heavy atom. The van der Waals surface area contributed by atoms with Crippen LogP contribution in [0.1, 0.15) is 11.1 Å². The van der Waals surface area contributed by atoms with E-state index in [-0.39, 0.29) is 17.3 Å². The lowest BCUT2D eigenvalue weighted by Crippen LogP contribution is -2.06. The van der Waals surface area contributed by atoms with Crippen LogP contribution in [0, 0.1) is 6.92 Å². The van der Waals surface area contributed by atoms with E-state index in [0.717, 1.165) is 11.1 Å². The van der Waals surface area contributed by atoms with Gasteiger partial charge in [-0.3, -0.25) is 0 Å². The Morgan fingerprint density at radius 3 is 2.35 bits per heavy atom. The molecule has 4 nitrogen and oxygen atoms in total. The van der Waals surface area contributed by atoms with Crippen LogP contribution in [0.5, 0.6) is 0 Å². The highest BCUT2D eigenvalue weighted by atomic mass is 32.2. The summed E-state index contributed by atoms with van der Waals surface area (Å²) in [6, 6.07) is 15.8. The fourth-order valence-electron chi connectivity index (χ4n) is 1.84. The third-order valence-electron chi connectivity index (χ3n) is 3.05. The van der Waals surface area contributed by atoms with E-state index in [9.17, 15) is 8.42 Å². The smallest absolute Gasteiger partial charge is 0.339 e. The zero-order chi connectivity index (χ0) is 16.7. The molecule has 1 N–H and O–H groups in total. The van der Waals surface area contributed by atoms with Gasteiger partial charge < -0.3 is 9.29 Å². The molecule has 2 aromatic carbocycles. The zero-order valence-corrected chi connectivity index (χ0v) is 13.5. The van der Waals surface area contributed by atoms with E-state index in [1.165, 1.54) is 24.3 Å². The van der Waals surface area contributed by atoms with Crippen molar-refractivity contribution in [1.29, 1.82) is 0 Å². The molecule has 0 spiro atoms. The van der Waals surface area contributed by atoms with E-state index in [1.54, 1.807) is 18.2 Å². The van der Waals surface area contributed by atoms with Gasteiger partial charge in [-0.2, -0.15) is 8.42 Å². The van der Waals surface area contributed by atoms with Gasteiger partial charge in [0.15, 0.2) is 0 Å². The number of aliphatic hydroxyl groups excluding tert-OH is 1. The molecule has 0 aromatic heterocycles. The molecule has 0 saturated heterocycles. The first-order valence-electron chi connectivity index (χ1n) is 7.06. The number of benzene rings is 2. The minimum absolute atomic E-state index is 0.0666. The summed E-state index contributed by atoms with van der Waals surface area (Å²) in [5, 5.41) is 9.05. The Labute approximate surface area is 136 Å². The van der Waals surface area contributed by atoms with Crippen LogP contribution < -0.4 is 0 Å². The molecular weight excluding hydrogens is 312 g/mol. The molecule has 0 atom stereocenters. The van der Waals surface area contributed by atoms with Crippen molar-refractivity contribution in [3.8, 4) is 0 Å². The van der Waals surface area contributed by atoms with Crippen molar-refractivity contribution in [2.45, 2.75) is 11.8 Å². The van der Waals surface area contributed by atoms with Crippen molar-refractivity contribution < 1.29 is 17.7 Å². The quantitative estimate of drug-likeness (QED) is 0.501. The normalized spacial score (nSPS) is 12.5. The molecule has 0 amide bonds. The minimum atomic E-state index is -3.93. The Kier molecular flexibility index (Phi) is 5.73. The van der Waals surface area contributed by atoms with Crippen LogP contribution in [0.3, 0.4) is 0 Å². The Morgan fingerprint density at radius 2 is 1.74 bits per heavy atom. The highest BCUT2D eigenvalue weighted by Gasteiger charge is 2.16. The van der Waals surface area contributed by atoms with Gasteiger partial charge in [0.1, 0.15) is 10.7 Å². The molecule has 0 heterocycles. The molecule has 0 aliphatic rings. The predicted octanol–water partition coefficient (Wildman–Crippen LogP) is 3.29. The van der Waals surface area contributed by atoms with Crippen LogP contribution in [0.15, 0.2) is 77.4 Å². The third kappa shape index (κ3) is 5.09. The van der Waals surface area contributed by atoms with Gasteiger partial charge in [-0.05, 0) is 36.8 Å². The van der Waals surface area contributed by atoms with Crippen molar-refractivity contribution in [2.75, 3.05) is 6.61 Å². The summed E-state index contributed by atoms with van der Waals surface area (Å²) in [5.74, 6) is 0.0666. The van der Waals surface area contributed by atoms with Crippen molar-refractivity contribution in [3.05, 3.63) is 83.6 Å². The molecule has 0 saturated carbocycles. The monoisotopic (exact) mass is 330 g/mol. The van der Waals surface area contributed by atoms with Crippen LogP contribution >= 0.6 is 0 Å². The summed E-state index contributed by atoms with van der Waals surface area (Å²) < 4.78 is 29.6. The molecule has 0 radical (unpaired) electrons. The second kappa shape index (κ2) is 7.76. The number of hydrogen-bond acceptors (Lipinski definition) is 4. The van der Waals surface area contributed by atoms with Crippen molar-refractivity contribution >= 4 is 16.2 Å². The van der Waals surface area contributed by atoms with Gasteiger partial charge in [0.05, 0.1) is 6.61 Å². The topological polar surface area (TPSA) is 63.6 Å². The largest absolute Gasteiger partial charge is 0.392 e. The third-order valence-corrected chi connectivity index (χ3v) is 4.31. The Hall–Kier alpha value is -2.37. The molecule has 2 aromatic rings.